The number of methoxy groups -OCH3 is 1. The lowest BCUT2D eigenvalue weighted by Gasteiger charge is -2.38. The number of nitrogens with one attached hydrogen (secondary N) is 1. The summed E-state index contributed by atoms with van der Waals surface area (Å²) in [6.07, 6.45) is -2.22. The minimum atomic E-state index is -5.08. The van der Waals surface area contributed by atoms with Gasteiger partial charge in [-0.05, 0) is 23.8 Å². The van der Waals surface area contributed by atoms with Gasteiger partial charge in [-0.3, -0.25) is 0 Å². The Bertz CT molecular complexity index is 1230. The number of carboxylic acid groups (broad SMARTS) is 1. The van der Waals surface area contributed by atoms with Crippen LogP contribution in [0.25, 0.3) is 5.65 Å². The molecule has 2 saturated carbocycles. The van der Waals surface area contributed by atoms with Crippen LogP contribution < -0.4 is 11.1 Å². The van der Waals surface area contributed by atoms with E-state index in [-0.39, 0.29) is 37.2 Å². The molecule has 1 saturated heterocycles. The maximum Gasteiger partial charge on any atom is 0.490 e. The number of aliphatic carboxylic acids is 1. The van der Waals surface area contributed by atoms with E-state index in [0.29, 0.717) is 16.9 Å². The number of nitrogens with zero attached hydrogens (tertiary/aromatic N) is 4. The van der Waals surface area contributed by atoms with Crippen molar-refractivity contribution in [2.24, 2.45) is 23.5 Å². The molecule has 3 heterocycles. The maximum absolute atomic E-state index is 13.9. The van der Waals surface area contributed by atoms with Gasteiger partial charge in [0.05, 0.1) is 49.9 Å². The van der Waals surface area contributed by atoms with Crippen LogP contribution in [0.1, 0.15) is 36.2 Å². The highest BCUT2D eigenvalue weighted by Crippen LogP contribution is 2.65. The van der Waals surface area contributed by atoms with Crippen LogP contribution in [0.5, 0.6) is 0 Å². The van der Waals surface area contributed by atoms with E-state index in [1.807, 2.05) is 0 Å². The number of carboxylic acids is 1. The molecule has 2 aliphatic carbocycles. The van der Waals surface area contributed by atoms with Gasteiger partial charge in [0.15, 0.2) is 5.65 Å². The van der Waals surface area contributed by atoms with Crippen LogP contribution in [0.3, 0.4) is 0 Å². The Labute approximate surface area is 216 Å². The summed E-state index contributed by atoms with van der Waals surface area (Å²) in [4.78, 5) is 26.7. The lowest BCUT2D eigenvalue weighted by Crippen LogP contribution is -2.58. The van der Waals surface area contributed by atoms with Gasteiger partial charge in [-0.15, -0.1) is 0 Å². The fourth-order valence-corrected chi connectivity index (χ4v) is 5.26. The Morgan fingerprint density at radius 3 is 2.44 bits per heavy atom. The largest absolute Gasteiger partial charge is 0.490 e. The summed E-state index contributed by atoms with van der Waals surface area (Å²) in [6, 6.07) is -0.231. The lowest BCUT2D eigenvalue weighted by molar-refractivity contribution is -0.192. The van der Waals surface area contributed by atoms with Crippen molar-refractivity contribution in [2.45, 2.75) is 42.9 Å². The monoisotopic (exact) mass is 570 g/mol. The third-order valence-electron chi connectivity index (χ3n) is 7.07. The number of hydrogen-bond acceptors (Lipinski definition) is 6. The average molecular weight is 570 g/mol. The summed E-state index contributed by atoms with van der Waals surface area (Å²) in [7, 11) is 1.42. The maximum atomic E-state index is 13.9. The Morgan fingerprint density at radius 1 is 1.26 bits per heavy atom. The zero-order valence-corrected chi connectivity index (χ0v) is 20.3. The number of imidazole rings is 1. The van der Waals surface area contributed by atoms with E-state index in [2.05, 4.69) is 15.4 Å². The number of carbonyl (C=O) groups is 2. The number of halogens is 7. The van der Waals surface area contributed by atoms with Crippen LogP contribution in [0, 0.1) is 17.8 Å². The molecule has 4 N–H and O–H groups in total. The first-order valence-corrected chi connectivity index (χ1v) is 11.7. The Hall–Kier alpha value is -3.21. The van der Waals surface area contributed by atoms with Gasteiger partial charge < -0.3 is 25.8 Å². The summed E-state index contributed by atoms with van der Waals surface area (Å²) < 4.78 is 93.2. The van der Waals surface area contributed by atoms with E-state index in [1.54, 1.807) is 12.3 Å². The fourth-order valence-electron chi connectivity index (χ4n) is 5.26. The lowest BCUT2D eigenvalue weighted by atomic mass is 10.0. The number of nitrogens with two attached hydrogens (primary N) is 1. The van der Waals surface area contributed by atoms with Crippen LogP contribution in [0.15, 0.2) is 18.5 Å². The molecule has 5 rings (SSSR count). The zero-order chi connectivity index (χ0) is 28.9. The number of rotatable bonds is 6. The summed E-state index contributed by atoms with van der Waals surface area (Å²) >= 11 is 0. The highest BCUT2D eigenvalue weighted by molar-refractivity contribution is 5.76. The second kappa shape index (κ2) is 10.1. The second-order valence-electron chi connectivity index (χ2n) is 9.87. The Morgan fingerprint density at radius 2 is 1.87 bits per heavy atom. The first kappa shape index (κ1) is 28.8. The smallest absolute Gasteiger partial charge is 0.475 e. The van der Waals surface area contributed by atoms with Gasteiger partial charge in [-0.25, -0.2) is 36.7 Å². The van der Waals surface area contributed by atoms with E-state index in [4.69, 9.17) is 20.4 Å². The molecule has 0 aromatic carbocycles. The van der Waals surface area contributed by atoms with Gasteiger partial charge in [0.2, 0.25) is 5.92 Å². The molecule has 0 bridgehead atoms. The standard InChI is InChI=1S/C20H24F4N6O2.C2HF3O2/c1-32-7-14(29-9-20(23,24)8-26-18(29)31)10-2-15-28-13(6-30(15)27-5-10)17(25)16-11-3-19(21,22)4-12(11)16;3-2(4,5)1(6)7/h2,5-6,11-12,14,16-17H,3-4,7-9,25H2,1H3,(H,26,31);(H,6,7)/t11-,12+,14-,16?,17-;/m1./s1. The van der Waals surface area contributed by atoms with E-state index >= 15 is 0 Å². The zero-order valence-electron chi connectivity index (χ0n) is 20.3. The first-order chi connectivity index (χ1) is 18.0. The van der Waals surface area contributed by atoms with Crippen molar-refractivity contribution in [3.63, 3.8) is 0 Å². The summed E-state index contributed by atoms with van der Waals surface area (Å²) in [5.41, 5.74) is 7.80. The number of carbonyl (C=O) groups excluding carboxylic acids is 1. The van der Waals surface area contributed by atoms with Crippen LogP contribution >= 0.6 is 0 Å². The molecule has 3 aliphatic rings. The van der Waals surface area contributed by atoms with Crippen molar-refractivity contribution in [3.05, 3.63) is 29.7 Å². The third-order valence-corrected chi connectivity index (χ3v) is 7.07. The number of alkyl halides is 7. The predicted octanol–water partition coefficient (Wildman–Crippen LogP) is 3.00. The van der Waals surface area contributed by atoms with Crippen LogP contribution in [0.4, 0.5) is 35.5 Å². The van der Waals surface area contributed by atoms with Crippen molar-refractivity contribution < 1.29 is 50.2 Å². The van der Waals surface area contributed by atoms with E-state index in [9.17, 15) is 35.5 Å². The number of ether oxygens (including phenoxy) is 1. The van der Waals surface area contributed by atoms with E-state index in [0.717, 1.165) is 4.90 Å². The molecular weight excluding hydrogens is 545 g/mol. The predicted molar refractivity (Wildman–Crippen MR) is 118 cm³/mol. The molecule has 10 nitrogen and oxygen atoms in total. The molecule has 2 aromatic rings. The Kier molecular flexibility index (Phi) is 7.44. The van der Waals surface area contributed by atoms with Gasteiger partial charge >= 0.3 is 18.2 Å². The highest BCUT2D eigenvalue weighted by atomic mass is 19.4. The first-order valence-electron chi connectivity index (χ1n) is 11.7. The minimum Gasteiger partial charge on any atom is -0.475 e. The Balaban J connectivity index is 0.000000448. The van der Waals surface area contributed by atoms with Gasteiger partial charge in [-0.1, -0.05) is 0 Å². The molecule has 0 radical (unpaired) electrons. The number of fused-ring (bicyclic) bond motifs is 2. The molecule has 3 fully saturated rings. The third kappa shape index (κ3) is 6.18. The van der Waals surface area contributed by atoms with Crippen molar-refractivity contribution in [3.8, 4) is 0 Å². The number of urea groups is 1. The topological polar surface area (TPSA) is 135 Å². The number of hydrogen-bond donors (Lipinski definition) is 3. The molecular formula is C22H25F7N6O4. The summed E-state index contributed by atoms with van der Waals surface area (Å²) in [6.45, 7) is -1.46. The second-order valence-corrected chi connectivity index (χ2v) is 9.87. The van der Waals surface area contributed by atoms with E-state index in [1.165, 1.54) is 17.8 Å². The normalized spacial score (nSPS) is 26.7. The fraction of sp³-hybridized carbons (Fsp3) is 0.636. The molecule has 2 aromatic heterocycles. The van der Waals surface area contributed by atoms with Crippen molar-refractivity contribution in [1.82, 2.24) is 24.8 Å². The SMILES string of the molecule is COC[C@H](c1cnn2cc([C@@H](N)C3[C@H]4CC(F)(F)C[C@@H]34)nc2c1)N1CC(F)(F)CNC1=O.O=C(O)C(F)(F)F. The molecule has 5 atom stereocenters. The number of aromatic nitrogens is 3. The van der Waals surface area contributed by atoms with Crippen LogP contribution in [-0.2, 0) is 9.53 Å². The molecule has 216 valence electrons. The van der Waals surface area contributed by atoms with Gasteiger partial charge in [0, 0.05) is 25.5 Å². The molecule has 17 heteroatoms. The van der Waals surface area contributed by atoms with Crippen molar-refractivity contribution in [1.29, 1.82) is 0 Å². The molecule has 1 aliphatic heterocycles. The molecule has 1 unspecified atom stereocenters. The minimum absolute atomic E-state index is 0.00587. The van der Waals surface area contributed by atoms with Crippen LogP contribution in [-0.4, -0.2) is 81.4 Å². The quantitative estimate of drug-likeness (QED) is 0.455. The van der Waals surface area contributed by atoms with Gasteiger partial charge in [0.1, 0.15) is 0 Å². The summed E-state index contributed by atoms with van der Waals surface area (Å²) in [5.74, 6) is -8.62. The average Bonchev–Trinajstić information content (AvgIpc) is 3.14. The van der Waals surface area contributed by atoms with Crippen molar-refractivity contribution >= 4 is 17.6 Å². The molecule has 39 heavy (non-hydrogen) atoms. The molecule has 0 spiro atoms. The van der Waals surface area contributed by atoms with Gasteiger partial charge in [-0.2, -0.15) is 18.3 Å². The van der Waals surface area contributed by atoms with Crippen LogP contribution in [0.2, 0.25) is 0 Å². The number of amides is 2. The van der Waals surface area contributed by atoms with Crippen molar-refractivity contribution in [2.75, 3.05) is 26.8 Å². The summed E-state index contributed by atoms with van der Waals surface area (Å²) in [5, 5.41) is 13.6. The highest BCUT2D eigenvalue weighted by Gasteiger charge is 2.64. The van der Waals surface area contributed by atoms with E-state index < -0.39 is 55.2 Å². The molecule has 2 amide bonds. The van der Waals surface area contributed by atoms with Gasteiger partial charge in [0.25, 0.3) is 5.92 Å².